The number of rotatable bonds is 6. The highest BCUT2D eigenvalue weighted by atomic mass is 16.5. The fourth-order valence-electron chi connectivity index (χ4n) is 3.23. The third-order valence-corrected chi connectivity index (χ3v) is 4.65. The van der Waals surface area contributed by atoms with Crippen molar-refractivity contribution in [2.24, 2.45) is 0 Å². The average molecular weight is 367 g/mol. The maximum absolute atomic E-state index is 12.4. The van der Waals surface area contributed by atoms with Gasteiger partial charge in [-0.2, -0.15) is 0 Å². The number of nitrogens with zero attached hydrogens (tertiary/aromatic N) is 1. The van der Waals surface area contributed by atoms with Crippen LogP contribution in [0.15, 0.2) is 42.6 Å². The molecule has 0 spiro atoms. The number of amides is 1. The molecule has 1 heterocycles. The molecule has 6 heteroatoms. The molecule has 1 fully saturated rings. The van der Waals surface area contributed by atoms with Crippen molar-refractivity contribution in [1.29, 1.82) is 0 Å². The number of carbonyl (C=O) groups is 2. The topological polar surface area (TPSA) is 80.3 Å². The Balaban J connectivity index is 1.66. The second-order valence-electron chi connectivity index (χ2n) is 6.63. The van der Waals surface area contributed by atoms with E-state index in [4.69, 9.17) is 4.74 Å². The zero-order valence-corrected chi connectivity index (χ0v) is 15.5. The molecule has 0 radical (unpaired) electrons. The molecule has 1 aliphatic carbocycles. The monoisotopic (exact) mass is 367 g/mol. The fourth-order valence-corrected chi connectivity index (χ4v) is 3.23. The van der Waals surface area contributed by atoms with Crippen LogP contribution >= 0.6 is 0 Å². The van der Waals surface area contributed by atoms with Gasteiger partial charge in [0.25, 0.3) is 5.91 Å². The molecule has 0 aliphatic heterocycles. The summed E-state index contributed by atoms with van der Waals surface area (Å²) in [5.74, 6) is 0.0814. The van der Waals surface area contributed by atoms with E-state index in [1.165, 1.54) is 19.3 Å². The van der Waals surface area contributed by atoms with E-state index in [-0.39, 0.29) is 17.9 Å². The Morgan fingerprint density at radius 1 is 1.11 bits per heavy atom. The van der Waals surface area contributed by atoms with E-state index in [0.29, 0.717) is 29.2 Å². The Hall–Kier alpha value is -2.89. The number of ether oxygens (including phenoxy) is 1. The van der Waals surface area contributed by atoms with Gasteiger partial charge < -0.3 is 15.4 Å². The highest BCUT2D eigenvalue weighted by molar-refractivity contribution is 5.96. The number of pyridine rings is 1. The third-order valence-electron chi connectivity index (χ3n) is 4.65. The number of para-hydroxylation sites is 1. The van der Waals surface area contributed by atoms with E-state index in [1.54, 1.807) is 43.5 Å². The van der Waals surface area contributed by atoms with Crippen LogP contribution in [0.3, 0.4) is 0 Å². The first-order chi connectivity index (χ1) is 13.2. The van der Waals surface area contributed by atoms with Crippen molar-refractivity contribution in [1.82, 2.24) is 10.3 Å². The average Bonchev–Trinajstić information content (AvgIpc) is 2.70. The van der Waals surface area contributed by atoms with E-state index >= 15 is 0 Å². The van der Waals surface area contributed by atoms with Crippen molar-refractivity contribution in [3.8, 4) is 0 Å². The maximum Gasteiger partial charge on any atom is 0.340 e. The second kappa shape index (κ2) is 9.16. The predicted molar refractivity (Wildman–Crippen MR) is 104 cm³/mol. The van der Waals surface area contributed by atoms with Crippen LogP contribution in [0.2, 0.25) is 0 Å². The standard InChI is InChI=1S/C21H25N3O3/c1-2-27-21(26)17-10-6-7-11-18(17)24-19-13-12-15(14-22-19)20(25)23-16-8-4-3-5-9-16/h6-7,10-14,16H,2-5,8-9H2,1H3,(H,22,24)(H,23,25). The van der Waals surface area contributed by atoms with Crippen LogP contribution in [-0.2, 0) is 4.74 Å². The Labute approximate surface area is 159 Å². The van der Waals surface area contributed by atoms with Gasteiger partial charge in [-0.3, -0.25) is 4.79 Å². The van der Waals surface area contributed by atoms with Gasteiger partial charge in [-0.15, -0.1) is 0 Å². The van der Waals surface area contributed by atoms with E-state index in [2.05, 4.69) is 15.6 Å². The van der Waals surface area contributed by atoms with Gasteiger partial charge in [-0.25, -0.2) is 9.78 Å². The predicted octanol–water partition coefficient (Wildman–Crippen LogP) is 4.06. The SMILES string of the molecule is CCOC(=O)c1ccccc1Nc1ccc(C(=O)NC2CCCCC2)cn1. The quantitative estimate of drug-likeness (QED) is 0.753. The molecular formula is C21H25N3O3. The zero-order chi connectivity index (χ0) is 19.1. The van der Waals surface area contributed by atoms with Gasteiger partial charge in [0, 0.05) is 12.2 Å². The van der Waals surface area contributed by atoms with Crippen molar-refractivity contribution < 1.29 is 14.3 Å². The summed E-state index contributed by atoms with van der Waals surface area (Å²) in [6.07, 6.45) is 7.24. The molecular weight excluding hydrogens is 342 g/mol. The minimum Gasteiger partial charge on any atom is -0.462 e. The van der Waals surface area contributed by atoms with Crippen LogP contribution in [0.1, 0.15) is 59.7 Å². The van der Waals surface area contributed by atoms with Gasteiger partial charge in [0.2, 0.25) is 0 Å². The molecule has 1 amide bonds. The van der Waals surface area contributed by atoms with Crippen LogP contribution in [0.25, 0.3) is 0 Å². The molecule has 142 valence electrons. The Morgan fingerprint density at radius 2 is 1.89 bits per heavy atom. The molecule has 0 bridgehead atoms. The first kappa shape index (κ1) is 18.9. The summed E-state index contributed by atoms with van der Waals surface area (Å²) in [6, 6.07) is 10.8. The van der Waals surface area contributed by atoms with Crippen molar-refractivity contribution in [2.45, 2.75) is 45.1 Å². The van der Waals surface area contributed by atoms with E-state index in [1.807, 2.05) is 6.07 Å². The molecule has 6 nitrogen and oxygen atoms in total. The second-order valence-corrected chi connectivity index (χ2v) is 6.63. The summed E-state index contributed by atoms with van der Waals surface area (Å²) in [5, 5.41) is 6.20. The number of hydrogen-bond donors (Lipinski definition) is 2. The Bertz CT molecular complexity index is 784. The molecule has 27 heavy (non-hydrogen) atoms. The molecule has 0 atom stereocenters. The summed E-state index contributed by atoms with van der Waals surface area (Å²) in [7, 11) is 0. The molecule has 1 aromatic carbocycles. The maximum atomic E-state index is 12.4. The summed E-state index contributed by atoms with van der Waals surface area (Å²) >= 11 is 0. The lowest BCUT2D eigenvalue weighted by Gasteiger charge is -2.22. The number of carbonyl (C=O) groups excluding carboxylic acids is 2. The van der Waals surface area contributed by atoms with Gasteiger partial charge in [0.1, 0.15) is 5.82 Å². The summed E-state index contributed by atoms with van der Waals surface area (Å²) < 4.78 is 5.08. The third kappa shape index (κ3) is 5.06. The largest absolute Gasteiger partial charge is 0.462 e. The van der Waals surface area contributed by atoms with E-state index in [9.17, 15) is 9.59 Å². The van der Waals surface area contributed by atoms with E-state index < -0.39 is 0 Å². The smallest absolute Gasteiger partial charge is 0.340 e. The normalized spacial score (nSPS) is 14.4. The van der Waals surface area contributed by atoms with Gasteiger partial charge >= 0.3 is 5.97 Å². The molecule has 3 rings (SSSR count). The number of hydrogen-bond acceptors (Lipinski definition) is 5. The summed E-state index contributed by atoms with van der Waals surface area (Å²) in [6.45, 7) is 2.09. The molecule has 2 N–H and O–H groups in total. The van der Waals surface area contributed by atoms with Crippen LogP contribution in [-0.4, -0.2) is 29.5 Å². The van der Waals surface area contributed by atoms with E-state index in [0.717, 1.165) is 12.8 Å². The number of benzene rings is 1. The van der Waals surface area contributed by atoms with Crippen molar-refractivity contribution in [2.75, 3.05) is 11.9 Å². The minimum atomic E-state index is -0.385. The highest BCUT2D eigenvalue weighted by Crippen LogP contribution is 2.21. The molecule has 1 aliphatic rings. The van der Waals surface area contributed by atoms with Crippen molar-refractivity contribution in [3.05, 3.63) is 53.7 Å². The minimum absolute atomic E-state index is 0.0899. The van der Waals surface area contributed by atoms with Gasteiger partial charge in [0.15, 0.2) is 0 Å². The Kier molecular flexibility index (Phi) is 6.41. The highest BCUT2D eigenvalue weighted by Gasteiger charge is 2.17. The van der Waals surface area contributed by atoms with Crippen molar-refractivity contribution in [3.63, 3.8) is 0 Å². The number of esters is 1. The molecule has 1 saturated carbocycles. The zero-order valence-electron chi connectivity index (χ0n) is 15.5. The molecule has 0 unspecified atom stereocenters. The molecule has 1 aromatic heterocycles. The van der Waals surface area contributed by atoms with Crippen LogP contribution in [0.5, 0.6) is 0 Å². The van der Waals surface area contributed by atoms with Crippen molar-refractivity contribution >= 4 is 23.4 Å². The van der Waals surface area contributed by atoms with Crippen LogP contribution < -0.4 is 10.6 Å². The summed E-state index contributed by atoms with van der Waals surface area (Å²) in [5.41, 5.74) is 1.59. The molecule has 2 aromatic rings. The number of anilines is 2. The molecule has 0 saturated heterocycles. The first-order valence-electron chi connectivity index (χ1n) is 9.47. The first-order valence-corrected chi connectivity index (χ1v) is 9.47. The summed E-state index contributed by atoms with van der Waals surface area (Å²) in [4.78, 5) is 28.7. The van der Waals surface area contributed by atoms with Gasteiger partial charge in [-0.05, 0) is 44.0 Å². The Morgan fingerprint density at radius 3 is 2.59 bits per heavy atom. The van der Waals surface area contributed by atoms with Crippen LogP contribution in [0, 0.1) is 0 Å². The van der Waals surface area contributed by atoms with Gasteiger partial charge in [-0.1, -0.05) is 31.4 Å². The number of nitrogens with one attached hydrogen (secondary N) is 2. The lowest BCUT2D eigenvalue weighted by Crippen LogP contribution is -2.36. The lowest BCUT2D eigenvalue weighted by atomic mass is 9.95. The van der Waals surface area contributed by atoms with Crippen LogP contribution in [0.4, 0.5) is 11.5 Å². The van der Waals surface area contributed by atoms with Gasteiger partial charge in [0.05, 0.1) is 23.4 Å². The lowest BCUT2D eigenvalue weighted by molar-refractivity contribution is 0.0527. The fraction of sp³-hybridized carbons (Fsp3) is 0.381. The number of aromatic nitrogens is 1.